The fourth-order valence-electron chi connectivity index (χ4n) is 3.46. The lowest BCUT2D eigenvalue weighted by Gasteiger charge is -2.26. The molecule has 8 nitrogen and oxygen atoms in total. The van der Waals surface area contributed by atoms with E-state index < -0.39 is 4.92 Å². The third-order valence-corrected chi connectivity index (χ3v) is 4.79. The third kappa shape index (κ3) is 4.77. The van der Waals surface area contributed by atoms with Crippen molar-refractivity contribution in [1.82, 2.24) is 5.32 Å². The van der Waals surface area contributed by atoms with Crippen LogP contribution in [-0.2, 0) is 11.2 Å². The molecule has 1 aliphatic rings. The molecule has 0 saturated heterocycles. The van der Waals surface area contributed by atoms with E-state index in [-0.39, 0.29) is 30.8 Å². The number of non-ortho nitro benzene ring substituents is 1. The van der Waals surface area contributed by atoms with Gasteiger partial charge in [-0.15, -0.1) is 0 Å². The van der Waals surface area contributed by atoms with Crippen LogP contribution in [0.3, 0.4) is 0 Å². The lowest BCUT2D eigenvalue weighted by atomic mass is 9.88. The number of carbonyl (C=O) groups excluding carboxylic acids is 1. The summed E-state index contributed by atoms with van der Waals surface area (Å²) < 4.78 is 0. The zero-order valence-electron chi connectivity index (χ0n) is 15.5. The number of nitro groups is 1. The van der Waals surface area contributed by atoms with Crippen molar-refractivity contribution < 1.29 is 14.8 Å². The number of amides is 1. The standard InChI is InChI=1S/C20H24N4O4/c25-11-10-21-18-9-8-15(24(27)28)12-19(18)22-13-20(26)23-17-7-3-5-14-4-1-2-6-16(14)17/h1-2,4,6,8-9,12,17,21-22,25H,3,5,7,10-11,13H2,(H,23,26)/t17-/m0/s1. The minimum atomic E-state index is -0.486. The summed E-state index contributed by atoms with van der Waals surface area (Å²) in [6.07, 6.45) is 2.94. The number of hydrogen-bond acceptors (Lipinski definition) is 6. The molecule has 0 spiro atoms. The number of anilines is 2. The second-order valence-electron chi connectivity index (χ2n) is 6.70. The summed E-state index contributed by atoms with van der Waals surface area (Å²) in [4.78, 5) is 23.0. The predicted molar refractivity (Wildman–Crippen MR) is 107 cm³/mol. The number of aryl methyl sites for hydroxylation is 1. The van der Waals surface area contributed by atoms with Gasteiger partial charge >= 0.3 is 0 Å². The maximum absolute atomic E-state index is 12.5. The van der Waals surface area contributed by atoms with E-state index in [0.717, 1.165) is 24.8 Å². The number of aliphatic hydroxyl groups is 1. The number of carbonyl (C=O) groups is 1. The van der Waals surface area contributed by atoms with E-state index in [1.165, 1.54) is 17.7 Å². The van der Waals surface area contributed by atoms with E-state index in [2.05, 4.69) is 22.0 Å². The first-order valence-corrected chi connectivity index (χ1v) is 9.32. The Balaban J connectivity index is 1.66. The van der Waals surface area contributed by atoms with Gasteiger partial charge in [0.15, 0.2) is 0 Å². The molecule has 3 rings (SSSR count). The summed E-state index contributed by atoms with van der Waals surface area (Å²) in [5.41, 5.74) is 3.39. The van der Waals surface area contributed by atoms with Gasteiger partial charge in [-0.25, -0.2) is 0 Å². The first kappa shape index (κ1) is 19.6. The van der Waals surface area contributed by atoms with Crippen molar-refractivity contribution in [3.05, 3.63) is 63.7 Å². The molecule has 0 bridgehead atoms. The fourth-order valence-corrected chi connectivity index (χ4v) is 3.46. The number of rotatable bonds is 8. The molecule has 1 amide bonds. The first-order chi connectivity index (χ1) is 13.6. The van der Waals surface area contributed by atoms with Gasteiger partial charge in [0.1, 0.15) is 0 Å². The number of hydrogen-bond donors (Lipinski definition) is 4. The highest BCUT2D eigenvalue weighted by atomic mass is 16.6. The van der Waals surface area contributed by atoms with E-state index >= 15 is 0 Å². The van der Waals surface area contributed by atoms with Crippen molar-refractivity contribution in [2.24, 2.45) is 0 Å². The zero-order valence-corrected chi connectivity index (χ0v) is 15.5. The van der Waals surface area contributed by atoms with E-state index in [1.807, 2.05) is 18.2 Å². The fraction of sp³-hybridized carbons (Fsp3) is 0.350. The number of fused-ring (bicyclic) bond motifs is 1. The van der Waals surface area contributed by atoms with Crippen LogP contribution in [0.25, 0.3) is 0 Å². The maximum atomic E-state index is 12.5. The van der Waals surface area contributed by atoms with Crippen LogP contribution in [0.15, 0.2) is 42.5 Å². The van der Waals surface area contributed by atoms with Crippen molar-refractivity contribution >= 4 is 23.0 Å². The van der Waals surface area contributed by atoms with Crippen molar-refractivity contribution in [1.29, 1.82) is 0 Å². The van der Waals surface area contributed by atoms with Crippen LogP contribution in [0.1, 0.15) is 30.0 Å². The molecule has 0 saturated carbocycles. The first-order valence-electron chi connectivity index (χ1n) is 9.32. The lowest BCUT2D eigenvalue weighted by Crippen LogP contribution is -2.35. The Labute approximate surface area is 163 Å². The molecule has 4 N–H and O–H groups in total. The summed E-state index contributed by atoms with van der Waals surface area (Å²) in [6.45, 7) is 0.225. The Morgan fingerprint density at radius 3 is 2.79 bits per heavy atom. The molecular weight excluding hydrogens is 360 g/mol. The van der Waals surface area contributed by atoms with Crippen LogP contribution in [0.4, 0.5) is 17.1 Å². The van der Waals surface area contributed by atoms with Gasteiger partial charge in [0.25, 0.3) is 5.69 Å². The number of aliphatic hydroxyl groups excluding tert-OH is 1. The summed E-state index contributed by atoms with van der Waals surface area (Å²) in [7, 11) is 0. The maximum Gasteiger partial charge on any atom is 0.271 e. The highest BCUT2D eigenvalue weighted by molar-refractivity contribution is 5.83. The van der Waals surface area contributed by atoms with Crippen molar-refractivity contribution in [2.45, 2.75) is 25.3 Å². The lowest BCUT2D eigenvalue weighted by molar-refractivity contribution is -0.384. The molecule has 1 aliphatic carbocycles. The van der Waals surface area contributed by atoms with E-state index in [4.69, 9.17) is 5.11 Å². The molecule has 28 heavy (non-hydrogen) atoms. The normalized spacial score (nSPS) is 15.4. The summed E-state index contributed by atoms with van der Waals surface area (Å²) >= 11 is 0. The smallest absolute Gasteiger partial charge is 0.271 e. The average Bonchev–Trinajstić information content (AvgIpc) is 2.71. The van der Waals surface area contributed by atoms with Gasteiger partial charge in [0, 0.05) is 18.7 Å². The molecular formula is C20H24N4O4. The summed E-state index contributed by atoms with van der Waals surface area (Å²) in [6, 6.07) is 12.4. The second kappa shape index (κ2) is 9.18. The van der Waals surface area contributed by atoms with Crippen LogP contribution >= 0.6 is 0 Å². The Hall–Kier alpha value is -3.13. The molecule has 148 valence electrons. The van der Waals surface area contributed by atoms with Gasteiger partial charge in [-0.1, -0.05) is 24.3 Å². The van der Waals surface area contributed by atoms with Gasteiger partial charge in [-0.2, -0.15) is 0 Å². The summed E-state index contributed by atoms with van der Waals surface area (Å²) in [5, 5.41) is 29.0. The minimum Gasteiger partial charge on any atom is -0.395 e. The highest BCUT2D eigenvalue weighted by Crippen LogP contribution is 2.30. The predicted octanol–water partition coefficient (Wildman–Crippen LogP) is 2.60. The highest BCUT2D eigenvalue weighted by Gasteiger charge is 2.21. The molecule has 8 heteroatoms. The Bertz CT molecular complexity index is 856. The van der Waals surface area contributed by atoms with Gasteiger partial charge in [-0.05, 0) is 36.5 Å². The van der Waals surface area contributed by atoms with Crippen molar-refractivity contribution in [3.8, 4) is 0 Å². The number of nitrogens with one attached hydrogen (secondary N) is 3. The molecule has 0 radical (unpaired) electrons. The zero-order chi connectivity index (χ0) is 19.9. The second-order valence-corrected chi connectivity index (χ2v) is 6.70. The van der Waals surface area contributed by atoms with Gasteiger partial charge in [0.05, 0.1) is 35.5 Å². The largest absolute Gasteiger partial charge is 0.395 e. The topological polar surface area (TPSA) is 117 Å². The minimum absolute atomic E-state index is 0.00631. The van der Waals surface area contributed by atoms with E-state index in [9.17, 15) is 14.9 Å². The Morgan fingerprint density at radius 2 is 2.00 bits per heavy atom. The van der Waals surface area contributed by atoms with Crippen molar-refractivity contribution in [2.75, 3.05) is 30.3 Å². The van der Waals surface area contributed by atoms with Gasteiger partial charge in [-0.3, -0.25) is 14.9 Å². The SMILES string of the molecule is O=C(CNc1cc([N+](=O)[O-])ccc1NCCO)N[C@H]1CCCc2ccccc21. The van der Waals surface area contributed by atoms with Crippen LogP contribution in [0.2, 0.25) is 0 Å². The van der Waals surface area contributed by atoms with Crippen LogP contribution < -0.4 is 16.0 Å². The van der Waals surface area contributed by atoms with Crippen LogP contribution in [-0.4, -0.2) is 35.6 Å². The molecule has 0 heterocycles. The van der Waals surface area contributed by atoms with Crippen LogP contribution in [0, 0.1) is 10.1 Å². The van der Waals surface area contributed by atoms with E-state index in [1.54, 1.807) is 6.07 Å². The molecule has 2 aromatic carbocycles. The molecule has 0 aliphatic heterocycles. The molecule has 0 unspecified atom stereocenters. The van der Waals surface area contributed by atoms with Gasteiger partial charge < -0.3 is 21.1 Å². The molecule has 0 fully saturated rings. The monoisotopic (exact) mass is 384 g/mol. The Morgan fingerprint density at radius 1 is 1.18 bits per heavy atom. The van der Waals surface area contributed by atoms with Gasteiger partial charge in [0.2, 0.25) is 5.91 Å². The van der Waals surface area contributed by atoms with Crippen LogP contribution in [0.5, 0.6) is 0 Å². The third-order valence-electron chi connectivity index (χ3n) is 4.79. The molecule has 1 atom stereocenters. The molecule has 2 aromatic rings. The Kier molecular flexibility index (Phi) is 6.44. The average molecular weight is 384 g/mol. The van der Waals surface area contributed by atoms with Crippen molar-refractivity contribution in [3.63, 3.8) is 0 Å². The molecule has 0 aromatic heterocycles. The number of nitro benzene ring substituents is 1. The quantitative estimate of drug-likeness (QED) is 0.411. The summed E-state index contributed by atoms with van der Waals surface area (Å²) in [5.74, 6) is -0.179. The van der Waals surface area contributed by atoms with E-state index in [0.29, 0.717) is 17.9 Å². The number of benzene rings is 2. The number of nitrogens with zero attached hydrogens (tertiary/aromatic N) is 1.